The molecular weight excluding hydrogens is 256 g/mol. The van der Waals surface area contributed by atoms with Gasteiger partial charge >= 0.3 is 0 Å². The third-order valence-corrected chi connectivity index (χ3v) is 3.41. The zero-order chi connectivity index (χ0) is 13.3. The van der Waals surface area contributed by atoms with E-state index in [1.54, 1.807) is 6.20 Å². The molecule has 2 rings (SSSR count). The summed E-state index contributed by atoms with van der Waals surface area (Å²) in [6.45, 7) is 0. The van der Waals surface area contributed by atoms with Crippen molar-refractivity contribution in [1.29, 1.82) is 0 Å². The number of carbonyl (C=O) groups excluding carboxylic acids is 1. The van der Waals surface area contributed by atoms with E-state index in [2.05, 4.69) is 15.2 Å². The molecule has 1 amide bonds. The van der Waals surface area contributed by atoms with Gasteiger partial charge in [0.2, 0.25) is 0 Å². The molecule has 94 valence electrons. The van der Waals surface area contributed by atoms with Crippen LogP contribution in [0.5, 0.6) is 0 Å². The molecule has 8 heteroatoms. The number of nitrogens with two attached hydrogens (primary N) is 1. The van der Waals surface area contributed by atoms with Crippen LogP contribution in [-0.4, -0.2) is 35.8 Å². The van der Waals surface area contributed by atoms with Gasteiger partial charge in [-0.05, 0) is 12.1 Å². The van der Waals surface area contributed by atoms with Crippen molar-refractivity contribution in [3.05, 3.63) is 30.2 Å². The summed E-state index contributed by atoms with van der Waals surface area (Å²) in [7, 11) is -3.55. The first-order chi connectivity index (χ1) is 8.39. The van der Waals surface area contributed by atoms with Crippen molar-refractivity contribution in [2.75, 3.05) is 6.26 Å². The van der Waals surface area contributed by atoms with Gasteiger partial charge in [-0.2, -0.15) is 5.10 Å². The minimum atomic E-state index is -3.55. The number of sulfone groups is 1. The van der Waals surface area contributed by atoms with Crippen LogP contribution in [0.1, 0.15) is 10.5 Å². The number of pyridine rings is 1. The number of rotatable bonds is 3. The second-order valence-electron chi connectivity index (χ2n) is 3.67. The average molecular weight is 266 g/mol. The molecule has 0 spiro atoms. The van der Waals surface area contributed by atoms with Crippen molar-refractivity contribution < 1.29 is 13.2 Å². The van der Waals surface area contributed by atoms with Crippen molar-refractivity contribution in [1.82, 2.24) is 15.2 Å². The average Bonchev–Trinajstić information content (AvgIpc) is 2.80. The molecule has 3 N–H and O–H groups in total. The number of nitrogens with zero attached hydrogens (tertiary/aromatic N) is 2. The van der Waals surface area contributed by atoms with Crippen LogP contribution in [0, 0.1) is 0 Å². The van der Waals surface area contributed by atoms with Gasteiger partial charge in [0.25, 0.3) is 5.91 Å². The molecule has 7 nitrogen and oxygen atoms in total. The number of primary amides is 1. The quantitative estimate of drug-likeness (QED) is 0.808. The van der Waals surface area contributed by atoms with E-state index in [4.69, 9.17) is 5.73 Å². The van der Waals surface area contributed by atoms with Gasteiger partial charge in [-0.25, -0.2) is 13.4 Å². The molecule has 0 aliphatic heterocycles. The van der Waals surface area contributed by atoms with Gasteiger partial charge in [0.1, 0.15) is 5.69 Å². The smallest absolute Gasteiger partial charge is 0.268 e. The maximum Gasteiger partial charge on any atom is 0.268 e. The Morgan fingerprint density at radius 2 is 2.11 bits per heavy atom. The maximum absolute atomic E-state index is 11.5. The molecule has 0 aromatic carbocycles. The van der Waals surface area contributed by atoms with Crippen LogP contribution in [0.4, 0.5) is 0 Å². The van der Waals surface area contributed by atoms with Crippen molar-refractivity contribution in [3.63, 3.8) is 0 Å². The molecule has 0 saturated carbocycles. The van der Waals surface area contributed by atoms with Gasteiger partial charge in [0.15, 0.2) is 9.84 Å². The number of aromatic nitrogens is 3. The van der Waals surface area contributed by atoms with Crippen LogP contribution in [0.15, 0.2) is 29.4 Å². The number of hydrogen-bond donors (Lipinski definition) is 2. The van der Waals surface area contributed by atoms with E-state index in [0.717, 1.165) is 6.26 Å². The summed E-state index contributed by atoms with van der Waals surface area (Å²) < 4.78 is 23.0. The Balaban J connectivity index is 2.65. The predicted molar refractivity (Wildman–Crippen MR) is 63.4 cm³/mol. The van der Waals surface area contributed by atoms with Crippen LogP contribution in [0.25, 0.3) is 11.3 Å². The number of nitrogens with one attached hydrogen (secondary N) is 1. The highest BCUT2D eigenvalue weighted by atomic mass is 32.2. The van der Waals surface area contributed by atoms with Crippen molar-refractivity contribution in [2.24, 2.45) is 5.73 Å². The molecule has 0 aliphatic rings. The minimum Gasteiger partial charge on any atom is -0.364 e. The van der Waals surface area contributed by atoms with Crippen LogP contribution in [-0.2, 0) is 9.84 Å². The highest BCUT2D eigenvalue weighted by Gasteiger charge is 2.19. The molecule has 0 atom stereocenters. The first-order valence-corrected chi connectivity index (χ1v) is 6.79. The normalized spacial score (nSPS) is 11.4. The summed E-state index contributed by atoms with van der Waals surface area (Å²) in [5, 5.41) is 6.34. The van der Waals surface area contributed by atoms with E-state index < -0.39 is 15.7 Å². The van der Waals surface area contributed by atoms with Crippen molar-refractivity contribution in [2.45, 2.75) is 4.90 Å². The molecule has 2 aromatic heterocycles. The summed E-state index contributed by atoms with van der Waals surface area (Å²) >= 11 is 0. The minimum absolute atomic E-state index is 0.178. The Morgan fingerprint density at radius 1 is 1.39 bits per heavy atom. The molecule has 2 aromatic rings. The molecule has 0 radical (unpaired) electrons. The van der Waals surface area contributed by atoms with Gasteiger partial charge in [0, 0.05) is 18.0 Å². The lowest BCUT2D eigenvalue weighted by atomic mass is 10.2. The molecule has 0 bridgehead atoms. The lowest BCUT2D eigenvalue weighted by Gasteiger charge is -2.05. The molecule has 0 aliphatic carbocycles. The largest absolute Gasteiger partial charge is 0.364 e. The van der Waals surface area contributed by atoms with E-state index in [1.807, 2.05) is 0 Å². The third-order valence-electron chi connectivity index (χ3n) is 2.29. The van der Waals surface area contributed by atoms with Gasteiger partial charge in [0.05, 0.1) is 16.8 Å². The summed E-state index contributed by atoms with van der Waals surface area (Å²) in [5.41, 5.74) is 5.93. The fraction of sp³-hybridized carbons (Fsp3) is 0.100. The fourth-order valence-electron chi connectivity index (χ4n) is 1.47. The van der Waals surface area contributed by atoms with Crippen molar-refractivity contribution in [3.8, 4) is 11.3 Å². The second kappa shape index (κ2) is 4.22. The Kier molecular flexibility index (Phi) is 2.87. The fourth-order valence-corrected chi connectivity index (χ4v) is 2.29. The topological polar surface area (TPSA) is 119 Å². The van der Waals surface area contributed by atoms with Crippen LogP contribution in [0.2, 0.25) is 0 Å². The van der Waals surface area contributed by atoms with E-state index in [0.29, 0.717) is 11.3 Å². The molecule has 2 heterocycles. The lowest BCUT2D eigenvalue weighted by molar-refractivity contribution is 0.0992. The summed E-state index contributed by atoms with van der Waals surface area (Å²) in [6.07, 6.45) is 4.08. The monoisotopic (exact) mass is 266 g/mol. The number of H-pyrrole nitrogens is 1. The number of aromatic amines is 1. The SMILES string of the molecule is CS(=O)(=O)c1ccc(-c2cn[nH]c2)nc1C(N)=O. The van der Waals surface area contributed by atoms with Gasteiger partial charge < -0.3 is 5.73 Å². The zero-order valence-electron chi connectivity index (χ0n) is 9.41. The summed E-state index contributed by atoms with van der Waals surface area (Å²) in [6, 6.07) is 2.80. The highest BCUT2D eigenvalue weighted by Crippen LogP contribution is 2.20. The van der Waals surface area contributed by atoms with Crippen LogP contribution >= 0.6 is 0 Å². The predicted octanol–water partition coefficient (Wildman–Crippen LogP) is -0.0259. The zero-order valence-corrected chi connectivity index (χ0v) is 10.2. The van der Waals surface area contributed by atoms with Crippen LogP contribution < -0.4 is 5.73 Å². The Bertz CT molecular complexity index is 692. The first-order valence-electron chi connectivity index (χ1n) is 4.89. The van der Waals surface area contributed by atoms with Gasteiger partial charge in [-0.15, -0.1) is 0 Å². The second-order valence-corrected chi connectivity index (χ2v) is 5.65. The van der Waals surface area contributed by atoms with Gasteiger partial charge in [-0.3, -0.25) is 9.89 Å². The molecule has 0 saturated heterocycles. The summed E-state index contributed by atoms with van der Waals surface area (Å²) in [4.78, 5) is 15.1. The number of hydrogen-bond acceptors (Lipinski definition) is 5. The standard InChI is InChI=1S/C10H10N4O3S/c1-18(16,17)8-3-2-7(6-4-12-13-5-6)14-9(8)10(11)15/h2-5H,1H3,(H2,11,15)(H,12,13). The molecule has 18 heavy (non-hydrogen) atoms. The Labute approximate surface area is 103 Å². The van der Waals surface area contributed by atoms with Crippen molar-refractivity contribution >= 4 is 15.7 Å². The maximum atomic E-state index is 11.5. The van der Waals surface area contributed by atoms with E-state index in [9.17, 15) is 13.2 Å². The molecular formula is C10H10N4O3S. The van der Waals surface area contributed by atoms with E-state index in [-0.39, 0.29) is 10.6 Å². The molecule has 0 unspecified atom stereocenters. The number of carbonyl (C=O) groups is 1. The lowest BCUT2D eigenvalue weighted by Crippen LogP contribution is -2.18. The Hall–Kier alpha value is -2.22. The number of amides is 1. The van der Waals surface area contributed by atoms with Gasteiger partial charge in [-0.1, -0.05) is 0 Å². The third kappa shape index (κ3) is 2.23. The Morgan fingerprint density at radius 3 is 2.61 bits per heavy atom. The van der Waals surface area contributed by atoms with E-state index in [1.165, 1.54) is 18.3 Å². The van der Waals surface area contributed by atoms with Crippen LogP contribution in [0.3, 0.4) is 0 Å². The summed E-state index contributed by atoms with van der Waals surface area (Å²) in [5.74, 6) is -0.888. The first kappa shape index (κ1) is 12.2. The van der Waals surface area contributed by atoms with E-state index >= 15 is 0 Å². The molecule has 0 fully saturated rings. The highest BCUT2D eigenvalue weighted by molar-refractivity contribution is 7.90.